The summed E-state index contributed by atoms with van der Waals surface area (Å²) in [5.41, 5.74) is 4.01. The molecule has 0 heterocycles. The van der Waals surface area contributed by atoms with Gasteiger partial charge in [0.2, 0.25) is 0 Å². The lowest BCUT2D eigenvalue weighted by atomic mass is 9.69. The van der Waals surface area contributed by atoms with E-state index in [-0.39, 0.29) is 0 Å². The maximum absolute atomic E-state index is 4.22. The summed E-state index contributed by atoms with van der Waals surface area (Å²) in [6.07, 6.45) is 8.63. The number of allylic oxidation sites excluding steroid dienone is 1. The quantitative estimate of drug-likeness (QED) is 0.420. The maximum Gasteiger partial charge on any atom is 0.0501 e. The summed E-state index contributed by atoms with van der Waals surface area (Å²) in [6, 6.07) is 11.3. The molecule has 0 bridgehead atoms. The molecule has 0 amide bonds. The molecular formula is C22H33N. The Morgan fingerprint density at radius 3 is 2.48 bits per heavy atom. The van der Waals surface area contributed by atoms with Gasteiger partial charge in [-0.25, -0.2) is 0 Å². The van der Waals surface area contributed by atoms with Crippen LogP contribution in [0.3, 0.4) is 0 Å². The molecule has 23 heavy (non-hydrogen) atoms. The standard InChI is InChI=1S/C22H33N/c1-17(2)21-16-18(3)22(21)23-19(4)12-8-5-6-9-13-20-14-10-7-11-15-20/h7,10-11,14-15,17,21-23H,3-6,8-9,12-13,16H2,1-2H3. The summed E-state index contributed by atoms with van der Waals surface area (Å²) in [7, 11) is 0. The summed E-state index contributed by atoms with van der Waals surface area (Å²) in [5.74, 6) is 1.47. The molecule has 0 saturated heterocycles. The van der Waals surface area contributed by atoms with Gasteiger partial charge < -0.3 is 5.32 Å². The second kappa shape index (κ2) is 8.96. The van der Waals surface area contributed by atoms with E-state index in [1.54, 1.807) is 0 Å². The topological polar surface area (TPSA) is 12.0 Å². The third-order valence-electron chi connectivity index (χ3n) is 5.12. The minimum Gasteiger partial charge on any atom is -0.382 e. The first-order valence-electron chi connectivity index (χ1n) is 9.24. The van der Waals surface area contributed by atoms with Crippen molar-refractivity contribution in [3.05, 3.63) is 60.3 Å². The molecule has 1 saturated carbocycles. The third-order valence-corrected chi connectivity index (χ3v) is 5.12. The van der Waals surface area contributed by atoms with Gasteiger partial charge in [0.15, 0.2) is 0 Å². The van der Waals surface area contributed by atoms with Gasteiger partial charge in [-0.15, -0.1) is 0 Å². The van der Waals surface area contributed by atoms with Gasteiger partial charge in [0.25, 0.3) is 0 Å². The van der Waals surface area contributed by atoms with Gasteiger partial charge in [0, 0.05) is 5.70 Å². The number of unbranched alkanes of at least 4 members (excludes halogenated alkanes) is 3. The molecular weight excluding hydrogens is 278 g/mol. The second-order valence-electron chi connectivity index (χ2n) is 7.40. The lowest BCUT2D eigenvalue weighted by Gasteiger charge is -2.43. The lowest BCUT2D eigenvalue weighted by Crippen LogP contribution is -2.47. The van der Waals surface area contributed by atoms with Gasteiger partial charge in [0.1, 0.15) is 0 Å². The van der Waals surface area contributed by atoms with Crippen molar-refractivity contribution in [3.8, 4) is 0 Å². The molecule has 2 unspecified atom stereocenters. The van der Waals surface area contributed by atoms with Crippen LogP contribution < -0.4 is 5.32 Å². The Labute approximate surface area is 142 Å². The molecule has 0 aromatic heterocycles. The first-order chi connectivity index (χ1) is 11.1. The number of hydrogen-bond acceptors (Lipinski definition) is 1. The van der Waals surface area contributed by atoms with E-state index in [0.717, 1.165) is 18.3 Å². The maximum atomic E-state index is 4.22. The highest BCUT2D eigenvalue weighted by atomic mass is 15.0. The minimum atomic E-state index is 0.473. The van der Waals surface area contributed by atoms with E-state index < -0.39 is 0 Å². The molecule has 1 aliphatic carbocycles. The van der Waals surface area contributed by atoms with Gasteiger partial charge in [-0.3, -0.25) is 0 Å². The first kappa shape index (κ1) is 17.8. The Kier molecular flexibility index (Phi) is 6.95. The van der Waals surface area contributed by atoms with Crippen molar-refractivity contribution in [2.24, 2.45) is 11.8 Å². The van der Waals surface area contributed by atoms with Crippen molar-refractivity contribution in [1.29, 1.82) is 0 Å². The molecule has 1 aromatic carbocycles. The van der Waals surface area contributed by atoms with Gasteiger partial charge >= 0.3 is 0 Å². The van der Waals surface area contributed by atoms with E-state index in [1.807, 2.05) is 0 Å². The fourth-order valence-electron chi connectivity index (χ4n) is 3.48. The second-order valence-corrected chi connectivity index (χ2v) is 7.40. The van der Waals surface area contributed by atoms with Gasteiger partial charge in [0.05, 0.1) is 6.04 Å². The van der Waals surface area contributed by atoms with Crippen molar-refractivity contribution in [1.82, 2.24) is 5.32 Å². The molecule has 1 fully saturated rings. The predicted molar refractivity (Wildman–Crippen MR) is 101 cm³/mol. The summed E-state index contributed by atoms with van der Waals surface area (Å²) in [6.45, 7) is 13.0. The van der Waals surface area contributed by atoms with Crippen LogP contribution in [0.5, 0.6) is 0 Å². The Morgan fingerprint density at radius 1 is 1.13 bits per heavy atom. The smallest absolute Gasteiger partial charge is 0.0501 e. The average molecular weight is 312 g/mol. The molecule has 1 nitrogen and oxygen atoms in total. The Morgan fingerprint density at radius 2 is 1.83 bits per heavy atom. The van der Waals surface area contributed by atoms with Crippen molar-refractivity contribution in [2.75, 3.05) is 0 Å². The monoisotopic (exact) mass is 311 g/mol. The zero-order valence-corrected chi connectivity index (χ0v) is 15.0. The van der Waals surface area contributed by atoms with Gasteiger partial charge in [-0.2, -0.15) is 0 Å². The molecule has 126 valence electrons. The van der Waals surface area contributed by atoms with Crippen molar-refractivity contribution in [3.63, 3.8) is 0 Å². The van der Waals surface area contributed by atoms with E-state index in [0.29, 0.717) is 6.04 Å². The van der Waals surface area contributed by atoms with E-state index in [9.17, 15) is 0 Å². The van der Waals surface area contributed by atoms with Crippen LogP contribution in [-0.2, 0) is 6.42 Å². The van der Waals surface area contributed by atoms with E-state index >= 15 is 0 Å². The van der Waals surface area contributed by atoms with Crippen LogP contribution in [0.15, 0.2) is 54.8 Å². The Balaban J connectivity index is 1.54. The molecule has 1 aromatic rings. The minimum absolute atomic E-state index is 0.473. The highest BCUT2D eigenvalue weighted by molar-refractivity contribution is 5.22. The number of benzene rings is 1. The molecule has 0 spiro atoms. The van der Waals surface area contributed by atoms with E-state index in [1.165, 1.54) is 55.4 Å². The lowest BCUT2D eigenvalue weighted by molar-refractivity contribution is 0.238. The number of aryl methyl sites for hydroxylation is 1. The summed E-state index contributed by atoms with van der Waals surface area (Å²) in [4.78, 5) is 0. The van der Waals surface area contributed by atoms with Crippen molar-refractivity contribution in [2.45, 2.75) is 64.8 Å². The molecule has 2 rings (SSSR count). The molecule has 1 aliphatic rings. The van der Waals surface area contributed by atoms with Crippen LogP contribution in [0.25, 0.3) is 0 Å². The molecule has 0 aliphatic heterocycles. The van der Waals surface area contributed by atoms with Crippen LogP contribution in [-0.4, -0.2) is 6.04 Å². The molecule has 0 radical (unpaired) electrons. The fourth-order valence-corrected chi connectivity index (χ4v) is 3.48. The number of nitrogens with one attached hydrogen (secondary N) is 1. The Hall–Kier alpha value is -1.50. The predicted octanol–water partition coefficient (Wildman–Crippen LogP) is 5.88. The highest BCUT2D eigenvalue weighted by Gasteiger charge is 2.36. The number of rotatable bonds is 10. The largest absolute Gasteiger partial charge is 0.382 e. The van der Waals surface area contributed by atoms with Gasteiger partial charge in [-0.1, -0.05) is 75.8 Å². The van der Waals surface area contributed by atoms with Crippen LogP contribution in [0.4, 0.5) is 0 Å². The summed E-state index contributed by atoms with van der Waals surface area (Å²) < 4.78 is 0. The van der Waals surface area contributed by atoms with Gasteiger partial charge in [-0.05, 0) is 49.5 Å². The first-order valence-corrected chi connectivity index (χ1v) is 9.24. The fraction of sp³-hybridized carbons (Fsp3) is 0.545. The summed E-state index contributed by atoms with van der Waals surface area (Å²) >= 11 is 0. The van der Waals surface area contributed by atoms with Crippen molar-refractivity contribution < 1.29 is 0 Å². The molecule has 1 N–H and O–H groups in total. The Bertz CT molecular complexity index is 500. The zero-order valence-electron chi connectivity index (χ0n) is 15.0. The van der Waals surface area contributed by atoms with Crippen LogP contribution in [0.2, 0.25) is 0 Å². The molecule has 2 atom stereocenters. The third kappa shape index (κ3) is 5.57. The number of hydrogen-bond donors (Lipinski definition) is 1. The summed E-state index contributed by atoms with van der Waals surface area (Å²) in [5, 5.41) is 3.62. The SMILES string of the molecule is C=C(CCCCCCc1ccccc1)NC1C(=C)CC1C(C)C. The van der Waals surface area contributed by atoms with Crippen molar-refractivity contribution >= 4 is 0 Å². The van der Waals surface area contributed by atoms with Crippen LogP contribution >= 0.6 is 0 Å². The molecule has 1 heteroatoms. The van der Waals surface area contributed by atoms with E-state index in [4.69, 9.17) is 0 Å². The normalized spacial score (nSPS) is 20.4. The van der Waals surface area contributed by atoms with E-state index in [2.05, 4.69) is 62.7 Å². The van der Waals surface area contributed by atoms with Crippen LogP contribution in [0, 0.1) is 11.8 Å². The highest BCUT2D eigenvalue weighted by Crippen LogP contribution is 2.38. The zero-order chi connectivity index (χ0) is 16.7. The average Bonchev–Trinajstić information content (AvgIpc) is 2.54. The van der Waals surface area contributed by atoms with Crippen LogP contribution in [0.1, 0.15) is 57.9 Å².